The number of rotatable bonds is 18. The fourth-order valence-electron chi connectivity index (χ4n) is 6.04. The van der Waals surface area contributed by atoms with Gasteiger partial charge in [0.2, 0.25) is 11.8 Å². The van der Waals surface area contributed by atoms with Gasteiger partial charge >= 0.3 is 5.97 Å². The molecular formula is C35H51N3O5. The largest absolute Gasteiger partial charge is 0.478 e. The van der Waals surface area contributed by atoms with Crippen LogP contribution in [0.25, 0.3) is 0 Å². The van der Waals surface area contributed by atoms with Crippen molar-refractivity contribution < 1.29 is 24.2 Å². The monoisotopic (exact) mass is 593 g/mol. The molecule has 1 saturated carbocycles. The van der Waals surface area contributed by atoms with E-state index in [0.717, 1.165) is 70.1 Å². The molecule has 1 aliphatic carbocycles. The van der Waals surface area contributed by atoms with E-state index in [-0.39, 0.29) is 23.4 Å². The number of nitrogens with one attached hydrogen (secondary N) is 1. The lowest BCUT2D eigenvalue weighted by Gasteiger charge is -2.40. The number of carbonyl (C=O) groups excluding carboxylic acids is 2. The molecule has 8 nitrogen and oxygen atoms in total. The molecule has 1 aromatic rings. The van der Waals surface area contributed by atoms with E-state index in [1.807, 2.05) is 36.1 Å². The van der Waals surface area contributed by atoms with E-state index in [0.29, 0.717) is 30.4 Å². The summed E-state index contributed by atoms with van der Waals surface area (Å²) < 4.78 is 5.90. The second-order valence-electron chi connectivity index (χ2n) is 11.9. The average Bonchev–Trinajstić information content (AvgIpc) is 3.51. The Labute approximate surface area is 257 Å². The molecule has 3 rings (SSSR count). The number of benzene rings is 1. The molecule has 2 N–H and O–H groups in total. The first-order valence-corrected chi connectivity index (χ1v) is 16.1. The van der Waals surface area contributed by atoms with Crippen LogP contribution in [0.4, 0.5) is 0 Å². The molecule has 0 radical (unpaired) electrons. The molecule has 0 aromatic heterocycles. The summed E-state index contributed by atoms with van der Waals surface area (Å²) in [5.74, 6) is 0.744. The van der Waals surface area contributed by atoms with Crippen LogP contribution in [0.2, 0.25) is 0 Å². The highest BCUT2D eigenvalue weighted by Crippen LogP contribution is 2.30. The van der Waals surface area contributed by atoms with Gasteiger partial charge in [-0.1, -0.05) is 71.1 Å². The van der Waals surface area contributed by atoms with E-state index in [1.165, 1.54) is 18.9 Å². The Kier molecular flexibility index (Phi) is 14.0. The zero-order valence-corrected chi connectivity index (χ0v) is 26.4. The molecule has 0 bridgehead atoms. The number of carboxylic acids is 1. The maximum absolute atomic E-state index is 13.6. The molecular weight excluding hydrogens is 542 g/mol. The van der Waals surface area contributed by atoms with Crippen molar-refractivity contribution in [2.75, 3.05) is 19.6 Å². The van der Waals surface area contributed by atoms with Gasteiger partial charge in [-0.25, -0.2) is 4.79 Å². The second-order valence-corrected chi connectivity index (χ2v) is 11.9. The standard InChI is InChI=1S/C35H51N3O5/c1-5-8-11-22-38-32(33(39)36-31(34(38)40)24-27-12-9-10-13-27)20-23-37(21-6-2)25-28-15-18-30(19-16-28)43-29(7-3)17-14-26(4)35(41)42/h7,14-19,27,31-32H,4-6,8-13,20-25H2,1-3H3,(H,36,39)(H,41,42)/b17-14-,29-7+/t31-,32?/m1/s1. The smallest absolute Gasteiger partial charge is 0.335 e. The number of hydrogen-bond donors (Lipinski definition) is 2. The van der Waals surface area contributed by atoms with Gasteiger partial charge < -0.3 is 20.1 Å². The highest BCUT2D eigenvalue weighted by molar-refractivity contribution is 5.97. The van der Waals surface area contributed by atoms with E-state index in [9.17, 15) is 14.4 Å². The van der Waals surface area contributed by atoms with Gasteiger partial charge in [0.15, 0.2) is 0 Å². The Bertz CT molecular complexity index is 1140. The Morgan fingerprint density at radius 2 is 1.81 bits per heavy atom. The molecule has 1 aromatic carbocycles. The van der Waals surface area contributed by atoms with Crippen molar-refractivity contribution in [3.63, 3.8) is 0 Å². The maximum Gasteiger partial charge on any atom is 0.335 e. The quantitative estimate of drug-likeness (QED) is 0.0906. The summed E-state index contributed by atoms with van der Waals surface area (Å²) in [6.07, 6.45) is 15.0. The van der Waals surface area contributed by atoms with Crippen molar-refractivity contribution in [2.45, 2.75) is 104 Å². The van der Waals surface area contributed by atoms with E-state index < -0.39 is 12.0 Å². The Morgan fingerprint density at radius 1 is 1.09 bits per heavy atom. The molecule has 236 valence electrons. The molecule has 2 aliphatic rings. The first-order valence-electron chi connectivity index (χ1n) is 16.1. The minimum absolute atomic E-state index is 0.00203. The minimum atomic E-state index is -1.07. The zero-order chi connectivity index (χ0) is 31.2. The average molecular weight is 594 g/mol. The number of carboxylic acid groups (broad SMARTS) is 1. The number of allylic oxidation sites excluding steroid dienone is 2. The molecule has 2 fully saturated rings. The Balaban J connectivity index is 1.61. The minimum Gasteiger partial charge on any atom is -0.478 e. The van der Waals surface area contributed by atoms with Crippen molar-refractivity contribution in [2.24, 2.45) is 5.92 Å². The molecule has 2 atom stereocenters. The lowest BCUT2D eigenvalue weighted by Crippen LogP contribution is -2.64. The van der Waals surface area contributed by atoms with Crippen LogP contribution in [-0.2, 0) is 20.9 Å². The van der Waals surface area contributed by atoms with Crippen molar-refractivity contribution in [1.29, 1.82) is 0 Å². The molecule has 43 heavy (non-hydrogen) atoms. The van der Waals surface area contributed by atoms with Gasteiger partial charge in [-0.3, -0.25) is 14.5 Å². The van der Waals surface area contributed by atoms with Gasteiger partial charge in [-0.05, 0) is 81.0 Å². The lowest BCUT2D eigenvalue weighted by molar-refractivity contribution is -0.150. The van der Waals surface area contributed by atoms with Crippen LogP contribution in [0.5, 0.6) is 5.75 Å². The predicted octanol–water partition coefficient (Wildman–Crippen LogP) is 6.23. The van der Waals surface area contributed by atoms with Gasteiger partial charge in [-0.15, -0.1) is 0 Å². The second kappa shape index (κ2) is 17.7. The van der Waals surface area contributed by atoms with E-state index in [4.69, 9.17) is 9.84 Å². The van der Waals surface area contributed by atoms with Crippen LogP contribution >= 0.6 is 0 Å². The highest BCUT2D eigenvalue weighted by Gasteiger charge is 2.41. The number of hydrogen-bond acceptors (Lipinski definition) is 5. The maximum atomic E-state index is 13.6. The number of nitrogens with zero attached hydrogens (tertiary/aromatic N) is 2. The van der Waals surface area contributed by atoms with Crippen LogP contribution in [0.1, 0.15) is 90.5 Å². The van der Waals surface area contributed by atoms with Crippen LogP contribution in [0.15, 0.2) is 60.4 Å². The van der Waals surface area contributed by atoms with Crippen LogP contribution in [0, 0.1) is 5.92 Å². The van der Waals surface area contributed by atoms with Crippen LogP contribution in [-0.4, -0.2) is 64.4 Å². The van der Waals surface area contributed by atoms with Crippen LogP contribution in [0.3, 0.4) is 0 Å². The van der Waals surface area contributed by atoms with Gasteiger partial charge in [0.25, 0.3) is 0 Å². The summed E-state index contributed by atoms with van der Waals surface area (Å²) in [4.78, 5) is 42.2. The number of unbranched alkanes of at least 4 members (excludes halogenated alkanes) is 2. The van der Waals surface area contributed by atoms with Crippen molar-refractivity contribution in [1.82, 2.24) is 15.1 Å². The number of ether oxygens (including phenoxy) is 1. The molecule has 1 heterocycles. The molecule has 1 saturated heterocycles. The summed E-state index contributed by atoms with van der Waals surface area (Å²) >= 11 is 0. The van der Waals surface area contributed by atoms with E-state index >= 15 is 0 Å². The first-order chi connectivity index (χ1) is 20.7. The third kappa shape index (κ3) is 10.7. The third-order valence-electron chi connectivity index (χ3n) is 8.45. The Morgan fingerprint density at radius 3 is 2.44 bits per heavy atom. The summed E-state index contributed by atoms with van der Waals surface area (Å²) in [5.41, 5.74) is 1.11. The summed E-state index contributed by atoms with van der Waals surface area (Å²) in [6, 6.07) is 7.03. The van der Waals surface area contributed by atoms with Crippen LogP contribution < -0.4 is 10.1 Å². The summed E-state index contributed by atoms with van der Waals surface area (Å²) in [6.45, 7) is 12.6. The fraction of sp³-hybridized carbons (Fsp3) is 0.571. The molecule has 1 aliphatic heterocycles. The number of aliphatic carboxylic acids is 1. The summed E-state index contributed by atoms with van der Waals surface area (Å²) in [5, 5.41) is 12.1. The van der Waals surface area contributed by atoms with E-state index in [2.05, 4.69) is 30.6 Å². The van der Waals surface area contributed by atoms with Gasteiger partial charge in [0, 0.05) is 19.6 Å². The topological polar surface area (TPSA) is 99.2 Å². The SMILES string of the molecule is C=C(/C=C\C(=C/C)Oc1ccc(CN(CCC)CCC2C(=O)N[C@H](CC3CCCC3)C(=O)N2CCCCC)cc1)C(=O)O. The number of piperazine rings is 1. The number of amides is 2. The highest BCUT2D eigenvalue weighted by atomic mass is 16.5. The fourth-order valence-corrected chi connectivity index (χ4v) is 6.04. The van der Waals surface area contributed by atoms with Gasteiger partial charge in [-0.2, -0.15) is 0 Å². The summed E-state index contributed by atoms with van der Waals surface area (Å²) in [7, 11) is 0. The Hall–Kier alpha value is -3.39. The van der Waals surface area contributed by atoms with Crippen molar-refractivity contribution >= 4 is 17.8 Å². The normalized spacial score (nSPS) is 19.8. The van der Waals surface area contributed by atoms with E-state index in [1.54, 1.807) is 12.2 Å². The lowest BCUT2D eigenvalue weighted by atomic mass is 9.94. The van der Waals surface area contributed by atoms with Gasteiger partial charge in [0.1, 0.15) is 23.6 Å². The van der Waals surface area contributed by atoms with Crippen molar-refractivity contribution in [3.8, 4) is 5.75 Å². The zero-order valence-electron chi connectivity index (χ0n) is 26.4. The number of carbonyl (C=O) groups is 3. The predicted molar refractivity (Wildman–Crippen MR) is 170 cm³/mol. The van der Waals surface area contributed by atoms with Gasteiger partial charge in [0.05, 0.1) is 5.57 Å². The molecule has 8 heteroatoms. The molecule has 0 spiro atoms. The first kappa shape index (κ1) is 34.1. The third-order valence-corrected chi connectivity index (χ3v) is 8.45. The van der Waals surface area contributed by atoms with Crippen molar-refractivity contribution in [3.05, 3.63) is 66.0 Å². The molecule has 2 amide bonds. The molecule has 1 unspecified atom stereocenters.